The first kappa shape index (κ1) is 14.2. The predicted molar refractivity (Wildman–Crippen MR) is 79.3 cm³/mol. The van der Waals surface area contributed by atoms with E-state index in [-0.39, 0.29) is 5.41 Å². The maximum absolute atomic E-state index is 5.52. The van der Waals surface area contributed by atoms with Gasteiger partial charge in [-0.05, 0) is 29.5 Å². The molecule has 0 spiro atoms. The van der Waals surface area contributed by atoms with Gasteiger partial charge in [-0.15, -0.1) is 0 Å². The van der Waals surface area contributed by atoms with Crippen molar-refractivity contribution in [1.82, 2.24) is 0 Å². The minimum atomic E-state index is 0.202. The summed E-state index contributed by atoms with van der Waals surface area (Å²) in [5.41, 5.74) is 2.77. The van der Waals surface area contributed by atoms with Crippen molar-refractivity contribution in [2.75, 3.05) is 38.3 Å². The molecule has 106 valence electrons. The smallest absolute Gasteiger partial charge is 0.142 e. The fraction of sp³-hybridized carbons (Fsp3) is 0.625. The Labute approximate surface area is 116 Å². The van der Waals surface area contributed by atoms with Crippen LogP contribution >= 0.6 is 0 Å². The van der Waals surface area contributed by atoms with Gasteiger partial charge in [-0.3, -0.25) is 0 Å². The molecule has 1 aromatic carbocycles. The summed E-state index contributed by atoms with van der Waals surface area (Å²) in [6.07, 6.45) is 1.13. The van der Waals surface area contributed by atoms with Crippen LogP contribution in [0.15, 0.2) is 18.2 Å². The zero-order valence-electron chi connectivity index (χ0n) is 12.5. The molecule has 1 aliphatic rings. The Morgan fingerprint density at radius 3 is 2.53 bits per heavy atom. The Bertz CT molecular complexity index is 423. The summed E-state index contributed by atoms with van der Waals surface area (Å²) in [7, 11) is 1.74. The van der Waals surface area contributed by atoms with Gasteiger partial charge in [0.15, 0.2) is 0 Å². The molecule has 2 rings (SSSR count). The van der Waals surface area contributed by atoms with Gasteiger partial charge in [-0.1, -0.05) is 26.8 Å². The first-order valence-electron chi connectivity index (χ1n) is 7.09. The highest BCUT2D eigenvalue weighted by Crippen LogP contribution is 2.35. The normalized spacial score (nSPS) is 16.5. The van der Waals surface area contributed by atoms with Crippen molar-refractivity contribution >= 4 is 5.69 Å². The highest BCUT2D eigenvalue weighted by Gasteiger charge is 2.22. The largest absolute Gasteiger partial charge is 0.495 e. The van der Waals surface area contributed by atoms with Crippen molar-refractivity contribution in [3.63, 3.8) is 0 Å². The third kappa shape index (κ3) is 3.03. The minimum Gasteiger partial charge on any atom is -0.495 e. The van der Waals surface area contributed by atoms with E-state index in [1.54, 1.807) is 7.11 Å². The maximum atomic E-state index is 5.52. The lowest BCUT2D eigenvalue weighted by Gasteiger charge is -2.32. The summed E-state index contributed by atoms with van der Waals surface area (Å²) in [6.45, 7) is 10.3. The monoisotopic (exact) mass is 263 g/mol. The summed E-state index contributed by atoms with van der Waals surface area (Å²) in [6, 6.07) is 6.57. The second-order valence-corrected chi connectivity index (χ2v) is 5.72. The van der Waals surface area contributed by atoms with Gasteiger partial charge in [-0.2, -0.15) is 0 Å². The van der Waals surface area contributed by atoms with Gasteiger partial charge >= 0.3 is 0 Å². The molecule has 0 aliphatic carbocycles. The molecule has 0 N–H and O–H groups in total. The summed E-state index contributed by atoms with van der Waals surface area (Å²) >= 11 is 0. The molecular formula is C16H25NO2. The number of methoxy groups -OCH3 is 1. The molecule has 0 amide bonds. The van der Waals surface area contributed by atoms with Crippen LogP contribution in [0.5, 0.6) is 5.75 Å². The molecule has 1 fully saturated rings. The molecule has 1 aromatic rings. The number of ether oxygens (including phenoxy) is 2. The van der Waals surface area contributed by atoms with E-state index in [2.05, 4.69) is 43.9 Å². The van der Waals surface area contributed by atoms with Crippen molar-refractivity contribution in [1.29, 1.82) is 0 Å². The van der Waals surface area contributed by atoms with Crippen LogP contribution in [0.2, 0.25) is 0 Å². The first-order valence-corrected chi connectivity index (χ1v) is 7.09. The molecule has 0 unspecified atom stereocenters. The topological polar surface area (TPSA) is 21.7 Å². The van der Waals surface area contributed by atoms with Crippen LogP contribution in [0.1, 0.15) is 32.8 Å². The second-order valence-electron chi connectivity index (χ2n) is 5.72. The quantitative estimate of drug-likeness (QED) is 0.832. The Hall–Kier alpha value is -1.22. The molecule has 0 aromatic heterocycles. The number of morpholine rings is 1. The van der Waals surface area contributed by atoms with E-state index in [1.807, 2.05) is 0 Å². The number of rotatable bonds is 4. The molecule has 3 nitrogen and oxygen atoms in total. The lowest BCUT2D eigenvalue weighted by Crippen LogP contribution is -2.36. The molecule has 19 heavy (non-hydrogen) atoms. The van der Waals surface area contributed by atoms with Gasteiger partial charge < -0.3 is 14.4 Å². The van der Waals surface area contributed by atoms with Crippen molar-refractivity contribution in [3.05, 3.63) is 23.8 Å². The number of anilines is 1. The molecule has 1 heterocycles. The summed E-state index contributed by atoms with van der Waals surface area (Å²) in [5, 5.41) is 0. The lowest BCUT2D eigenvalue weighted by molar-refractivity contribution is 0.122. The van der Waals surface area contributed by atoms with E-state index in [0.717, 1.165) is 38.5 Å². The van der Waals surface area contributed by atoms with E-state index in [0.29, 0.717) is 0 Å². The molecule has 3 heteroatoms. The first-order chi connectivity index (χ1) is 9.08. The Morgan fingerprint density at radius 1 is 1.26 bits per heavy atom. The Morgan fingerprint density at radius 2 is 1.95 bits per heavy atom. The second kappa shape index (κ2) is 5.83. The Kier molecular flexibility index (Phi) is 4.35. The molecule has 0 atom stereocenters. The average molecular weight is 263 g/mol. The van der Waals surface area contributed by atoms with Crippen LogP contribution in [-0.4, -0.2) is 33.4 Å². The number of nitrogens with zero attached hydrogens (tertiary/aromatic N) is 1. The van der Waals surface area contributed by atoms with E-state index in [4.69, 9.17) is 9.47 Å². The molecule has 1 saturated heterocycles. The number of hydrogen-bond donors (Lipinski definition) is 0. The zero-order chi connectivity index (χ0) is 13.9. The van der Waals surface area contributed by atoms with Crippen molar-refractivity contribution in [3.8, 4) is 5.75 Å². The number of benzene rings is 1. The van der Waals surface area contributed by atoms with E-state index in [9.17, 15) is 0 Å². The molecular weight excluding hydrogens is 238 g/mol. The van der Waals surface area contributed by atoms with Crippen LogP contribution in [0.4, 0.5) is 5.69 Å². The fourth-order valence-electron chi connectivity index (χ4n) is 2.37. The minimum absolute atomic E-state index is 0.202. The van der Waals surface area contributed by atoms with Crippen LogP contribution in [-0.2, 0) is 10.2 Å². The van der Waals surface area contributed by atoms with Crippen LogP contribution in [0.3, 0.4) is 0 Å². The van der Waals surface area contributed by atoms with Gasteiger partial charge in [0.25, 0.3) is 0 Å². The van der Waals surface area contributed by atoms with Gasteiger partial charge in [0.05, 0.1) is 26.0 Å². The third-order valence-corrected chi connectivity index (χ3v) is 4.20. The maximum Gasteiger partial charge on any atom is 0.142 e. The SMILES string of the molecule is CCC(C)(C)c1ccc(OC)c(N2CCOCC2)c1. The lowest BCUT2D eigenvalue weighted by atomic mass is 9.82. The Balaban J connectivity index is 2.36. The van der Waals surface area contributed by atoms with Crippen molar-refractivity contribution in [2.24, 2.45) is 0 Å². The van der Waals surface area contributed by atoms with Crippen LogP contribution in [0, 0.1) is 0 Å². The molecule has 0 bridgehead atoms. The highest BCUT2D eigenvalue weighted by molar-refractivity contribution is 5.61. The predicted octanol–water partition coefficient (Wildman–Crippen LogP) is 3.22. The van der Waals surface area contributed by atoms with E-state index < -0.39 is 0 Å². The highest BCUT2D eigenvalue weighted by atomic mass is 16.5. The summed E-state index contributed by atoms with van der Waals surface area (Å²) < 4.78 is 10.9. The van der Waals surface area contributed by atoms with Gasteiger partial charge in [0.1, 0.15) is 5.75 Å². The van der Waals surface area contributed by atoms with Gasteiger partial charge in [0, 0.05) is 13.1 Å². The number of hydrogen-bond acceptors (Lipinski definition) is 3. The molecule has 0 saturated carbocycles. The van der Waals surface area contributed by atoms with E-state index >= 15 is 0 Å². The van der Waals surface area contributed by atoms with Crippen LogP contribution < -0.4 is 9.64 Å². The zero-order valence-corrected chi connectivity index (χ0v) is 12.5. The fourth-order valence-corrected chi connectivity index (χ4v) is 2.37. The van der Waals surface area contributed by atoms with E-state index in [1.165, 1.54) is 11.3 Å². The van der Waals surface area contributed by atoms with Crippen LogP contribution in [0.25, 0.3) is 0 Å². The van der Waals surface area contributed by atoms with Crippen molar-refractivity contribution < 1.29 is 9.47 Å². The molecule has 1 aliphatic heterocycles. The average Bonchev–Trinajstić information content (AvgIpc) is 2.47. The summed E-state index contributed by atoms with van der Waals surface area (Å²) in [5.74, 6) is 0.956. The molecule has 0 radical (unpaired) electrons. The summed E-state index contributed by atoms with van der Waals surface area (Å²) in [4.78, 5) is 2.36. The van der Waals surface area contributed by atoms with Gasteiger partial charge in [-0.25, -0.2) is 0 Å². The standard InChI is InChI=1S/C16H25NO2/c1-5-16(2,3)13-6-7-15(18-4)14(12-13)17-8-10-19-11-9-17/h6-7,12H,5,8-11H2,1-4H3. The van der Waals surface area contributed by atoms with Crippen molar-refractivity contribution in [2.45, 2.75) is 32.6 Å². The van der Waals surface area contributed by atoms with Gasteiger partial charge in [0.2, 0.25) is 0 Å². The third-order valence-electron chi connectivity index (χ3n) is 4.20.